The normalized spacial score (nSPS) is 11.6. The first-order valence-electron chi connectivity index (χ1n) is 9.22. The topological polar surface area (TPSA) is 96.6 Å². The second kappa shape index (κ2) is 8.69. The number of carbonyl (C=O) groups excluding carboxylic acids is 2. The molecule has 2 amide bonds. The molecule has 0 radical (unpaired) electrons. The van der Waals surface area contributed by atoms with Crippen LogP contribution in [0.1, 0.15) is 40.2 Å². The van der Waals surface area contributed by atoms with Gasteiger partial charge in [-0.25, -0.2) is 0 Å². The number of rotatable bonds is 5. The van der Waals surface area contributed by atoms with Crippen LogP contribution in [0.25, 0.3) is 0 Å². The van der Waals surface area contributed by atoms with Crippen LogP contribution in [-0.2, 0) is 9.59 Å². The molecule has 0 unspecified atom stereocenters. The lowest BCUT2D eigenvalue weighted by atomic mass is 9.95. The first-order valence-corrected chi connectivity index (χ1v) is 9.22. The van der Waals surface area contributed by atoms with Crippen molar-refractivity contribution in [1.29, 1.82) is 0 Å². The number of nitrogens with one attached hydrogen (secondary N) is 2. The van der Waals surface area contributed by atoms with Crippen molar-refractivity contribution in [3.63, 3.8) is 0 Å². The van der Waals surface area contributed by atoms with Gasteiger partial charge in [0, 0.05) is 28.9 Å². The molecule has 0 saturated heterocycles. The van der Waals surface area contributed by atoms with Crippen LogP contribution in [0.3, 0.4) is 0 Å². The van der Waals surface area contributed by atoms with Crippen molar-refractivity contribution in [2.75, 3.05) is 16.4 Å². The lowest BCUT2D eigenvalue weighted by Crippen LogP contribution is -2.27. The Balaban J connectivity index is 2.12. The lowest BCUT2D eigenvalue weighted by Gasteiger charge is -2.18. The zero-order valence-corrected chi connectivity index (χ0v) is 17.0. The predicted molar refractivity (Wildman–Crippen MR) is 116 cm³/mol. The average Bonchev–Trinajstić information content (AvgIpc) is 2.62. The van der Waals surface area contributed by atoms with Gasteiger partial charge in [-0.2, -0.15) is 0 Å². The van der Waals surface area contributed by atoms with Crippen molar-refractivity contribution in [2.24, 2.45) is 16.3 Å². The number of anilines is 3. The van der Waals surface area contributed by atoms with Crippen LogP contribution >= 0.6 is 0 Å². The second-order valence-corrected chi connectivity index (χ2v) is 8.00. The molecule has 0 aliphatic carbocycles. The van der Waals surface area contributed by atoms with Crippen molar-refractivity contribution in [1.82, 2.24) is 0 Å². The van der Waals surface area contributed by atoms with Gasteiger partial charge in [0.1, 0.15) is 0 Å². The Morgan fingerprint density at radius 1 is 1.00 bits per heavy atom. The first-order chi connectivity index (χ1) is 13.1. The maximum absolute atomic E-state index is 12.1. The van der Waals surface area contributed by atoms with Gasteiger partial charge in [-0.05, 0) is 35.9 Å². The monoisotopic (exact) mass is 380 g/mol. The molecule has 0 heterocycles. The number of nitrogens with zero attached hydrogens (tertiary/aromatic N) is 1. The van der Waals surface area contributed by atoms with Crippen molar-refractivity contribution in [3.8, 4) is 0 Å². The zero-order chi connectivity index (χ0) is 20.9. The van der Waals surface area contributed by atoms with E-state index in [-0.39, 0.29) is 17.7 Å². The van der Waals surface area contributed by atoms with E-state index in [1.165, 1.54) is 0 Å². The molecule has 0 aromatic heterocycles. The number of benzene rings is 2. The van der Waals surface area contributed by atoms with Crippen LogP contribution in [0.4, 0.5) is 22.7 Å². The van der Waals surface area contributed by atoms with E-state index < -0.39 is 5.41 Å². The molecule has 28 heavy (non-hydrogen) atoms. The van der Waals surface area contributed by atoms with E-state index >= 15 is 0 Å². The molecule has 2 aromatic carbocycles. The molecule has 148 valence electrons. The lowest BCUT2D eigenvalue weighted by molar-refractivity contribution is -0.123. The first kappa shape index (κ1) is 21.2. The Kier molecular flexibility index (Phi) is 6.57. The van der Waals surface area contributed by atoms with Gasteiger partial charge in [0.05, 0.1) is 11.4 Å². The van der Waals surface area contributed by atoms with E-state index in [0.29, 0.717) is 17.1 Å². The molecular weight excluding hydrogens is 352 g/mol. The summed E-state index contributed by atoms with van der Waals surface area (Å²) in [6.07, 6.45) is 1.69. The summed E-state index contributed by atoms with van der Waals surface area (Å²) in [6, 6.07) is 12.6. The summed E-state index contributed by atoms with van der Waals surface area (Å²) >= 11 is 0. The minimum absolute atomic E-state index is 0.0247. The number of nitrogen functional groups attached to an aromatic ring is 1. The summed E-state index contributed by atoms with van der Waals surface area (Å²) in [4.78, 5) is 28.3. The number of amides is 2. The van der Waals surface area contributed by atoms with Crippen LogP contribution in [0.5, 0.6) is 0 Å². The fraction of sp³-hybridized carbons (Fsp3) is 0.318. The minimum atomic E-state index is -0.489. The van der Waals surface area contributed by atoms with E-state index in [9.17, 15) is 9.59 Å². The summed E-state index contributed by atoms with van der Waals surface area (Å²) < 4.78 is 0. The highest BCUT2D eigenvalue weighted by Crippen LogP contribution is 2.27. The number of aliphatic imine (C=N–C) groups is 1. The summed E-state index contributed by atoms with van der Waals surface area (Å²) in [5.41, 5.74) is 8.86. The van der Waals surface area contributed by atoms with E-state index in [0.717, 1.165) is 11.3 Å². The smallest absolute Gasteiger partial charge is 0.229 e. The standard InChI is InChI=1S/C22H28N4O2/c1-14(2)20(27)25-16-8-6-15(7-9-16)13-24-19-12-17(10-11-18(19)23)26-21(28)22(3,4)5/h6-14H,23H2,1-5H3,(H,25,27)(H,26,28). The van der Waals surface area contributed by atoms with Crippen molar-refractivity contribution < 1.29 is 9.59 Å². The number of nitrogens with two attached hydrogens (primary N) is 1. The van der Waals surface area contributed by atoms with Gasteiger partial charge in [-0.1, -0.05) is 46.8 Å². The number of hydrogen-bond acceptors (Lipinski definition) is 4. The Morgan fingerprint density at radius 2 is 1.61 bits per heavy atom. The van der Waals surface area contributed by atoms with Crippen LogP contribution in [0, 0.1) is 11.3 Å². The molecule has 0 spiro atoms. The Labute approximate surface area is 166 Å². The summed E-state index contributed by atoms with van der Waals surface area (Å²) in [5, 5.41) is 5.72. The molecule has 0 bridgehead atoms. The summed E-state index contributed by atoms with van der Waals surface area (Å²) in [6.45, 7) is 9.25. The molecule has 0 aliphatic heterocycles. The van der Waals surface area contributed by atoms with Gasteiger partial charge in [0.25, 0.3) is 0 Å². The van der Waals surface area contributed by atoms with E-state index in [2.05, 4.69) is 15.6 Å². The number of carbonyl (C=O) groups is 2. The van der Waals surface area contributed by atoms with Crippen LogP contribution in [0.2, 0.25) is 0 Å². The fourth-order valence-corrected chi connectivity index (χ4v) is 2.14. The van der Waals surface area contributed by atoms with Gasteiger partial charge in [-0.15, -0.1) is 0 Å². The predicted octanol–water partition coefficient (Wildman–Crippen LogP) is 4.60. The Morgan fingerprint density at radius 3 is 2.18 bits per heavy atom. The van der Waals surface area contributed by atoms with E-state index in [4.69, 9.17) is 5.73 Å². The SMILES string of the molecule is CC(C)C(=O)Nc1ccc(C=Nc2cc(NC(=O)C(C)(C)C)ccc2N)cc1. The molecule has 6 nitrogen and oxygen atoms in total. The quantitative estimate of drug-likeness (QED) is 0.522. The zero-order valence-electron chi connectivity index (χ0n) is 17.0. The molecule has 4 N–H and O–H groups in total. The third-order valence-corrected chi connectivity index (χ3v) is 4.02. The maximum Gasteiger partial charge on any atom is 0.229 e. The van der Waals surface area contributed by atoms with Crippen molar-refractivity contribution >= 4 is 40.8 Å². The summed E-state index contributed by atoms with van der Waals surface area (Å²) in [5.74, 6) is -0.176. The Bertz CT molecular complexity index is 878. The largest absolute Gasteiger partial charge is 0.397 e. The highest BCUT2D eigenvalue weighted by Gasteiger charge is 2.21. The van der Waals surface area contributed by atoms with Crippen LogP contribution < -0.4 is 16.4 Å². The van der Waals surface area contributed by atoms with Gasteiger partial charge in [0.2, 0.25) is 11.8 Å². The molecule has 0 fully saturated rings. The van der Waals surface area contributed by atoms with E-state index in [1.807, 2.05) is 58.9 Å². The van der Waals surface area contributed by atoms with Crippen molar-refractivity contribution in [2.45, 2.75) is 34.6 Å². The Hall–Kier alpha value is -3.15. The third-order valence-electron chi connectivity index (χ3n) is 4.02. The minimum Gasteiger partial charge on any atom is -0.397 e. The molecule has 6 heteroatoms. The van der Waals surface area contributed by atoms with Gasteiger partial charge in [0.15, 0.2) is 0 Å². The maximum atomic E-state index is 12.1. The molecule has 0 aliphatic rings. The van der Waals surface area contributed by atoms with E-state index in [1.54, 1.807) is 24.4 Å². The number of hydrogen-bond donors (Lipinski definition) is 3. The highest BCUT2D eigenvalue weighted by atomic mass is 16.2. The van der Waals surface area contributed by atoms with Crippen molar-refractivity contribution in [3.05, 3.63) is 48.0 Å². The van der Waals surface area contributed by atoms with Gasteiger partial charge in [-0.3, -0.25) is 14.6 Å². The summed E-state index contributed by atoms with van der Waals surface area (Å²) in [7, 11) is 0. The van der Waals surface area contributed by atoms with Gasteiger partial charge < -0.3 is 16.4 Å². The molecule has 2 rings (SSSR count). The fourth-order valence-electron chi connectivity index (χ4n) is 2.14. The molecular formula is C22H28N4O2. The second-order valence-electron chi connectivity index (χ2n) is 8.00. The average molecular weight is 380 g/mol. The highest BCUT2D eigenvalue weighted by molar-refractivity contribution is 5.96. The molecule has 0 saturated carbocycles. The molecule has 0 atom stereocenters. The van der Waals surface area contributed by atoms with Gasteiger partial charge >= 0.3 is 0 Å². The third kappa shape index (κ3) is 5.94. The molecule has 2 aromatic rings. The van der Waals surface area contributed by atoms with Crippen LogP contribution in [-0.4, -0.2) is 18.0 Å². The van der Waals surface area contributed by atoms with Crippen LogP contribution in [0.15, 0.2) is 47.5 Å².